The fourth-order valence-corrected chi connectivity index (χ4v) is 3.55. The van der Waals surface area contributed by atoms with E-state index in [0.29, 0.717) is 31.0 Å². The number of fused-ring (bicyclic) bond motifs is 1. The van der Waals surface area contributed by atoms with Crippen molar-refractivity contribution in [1.29, 1.82) is 0 Å². The maximum atomic E-state index is 13.4. The minimum absolute atomic E-state index is 0.0527. The van der Waals surface area contributed by atoms with Gasteiger partial charge in [-0.15, -0.1) is 0 Å². The first kappa shape index (κ1) is 16.6. The molecule has 8 heteroatoms. The van der Waals surface area contributed by atoms with Crippen LogP contribution in [0.4, 0.5) is 0 Å². The van der Waals surface area contributed by atoms with Crippen molar-refractivity contribution in [2.45, 2.75) is 6.04 Å². The molecule has 0 aromatic carbocycles. The highest BCUT2D eigenvalue weighted by atomic mass is 16.5. The van der Waals surface area contributed by atoms with Crippen molar-refractivity contribution >= 4 is 16.9 Å². The number of hydrogen-bond acceptors (Lipinski definition) is 5. The van der Waals surface area contributed by atoms with Crippen molar-refractivity contribution in [2.24, 2.45) is 0 Å². The fraction of sp³-hybridized carbons (Fsp3) is 0.200. The van der Waals surface area contributed by atoms with E-state index < -0.39 is 0 Å². The lowest BCUT2D eigenvalue weighted by Crippen LogP contribution is -2.43. The Morgan fingerprint density at radius 1 is 1.21 bits per heavy atom. The molecule has 28 heavy (non-hydrogen) atoms. The molecule has 1 saturated heterocycles. The van der Waals surface area contributed by atoms with Gasteiger partial charge in [-0.3, -0.25) is 14.9 Å². The van der Waals surface area contributed by atoms with Crippen LogP contribution in [0.1, 0.15) is 22.1 Å². The van der Waals surface area contributed by atoms with Crippen LogP contribution in [-0.2, 0) is 4.74 Å². The molecular formula is C20H18N6O2. The Morgan fingerprint density at radius 3 is 3.00 bits per heavy atom. The molecule has 0 bridgehead atoms. The summed E-state index contributed by atoms with van der Waals surface area (Å²) in [6, 6.07) is 9.33. The number of carbonyl (C=O) groups excluding carboxylic acids is 1. The maximum Gasteiger partial charge on any atom is 0.256 e. The summed E-state index contributed by atoms with van der Waals surface area (Å²) in [6.07, 6.45) is 6.96. The maximum absolute atomic E-state index is 13.4. The second kappa shape index (κ2) is 6.90. The van der Waals surface area contributed by atoms with Crippen LogP contribution in [0, 0.1) is 0 Å². The van der Waals surface area contributed by atoms with Gasteiger partial charge in [-0.1, -0.05) is 6.07 Å². The number of nitrogens with zero attached hydrogens (tertiary/aromatic N) is 4. The molecule has 1 fully saturated rings. The number of aromatic nitrogens is 5. The summed E-state index contributed by atoms with van der Waals surface area (Å²) in [5.74, 6) is -0.0527. The number of amides is 1. The van der Waals surface area contributed by atoms with Gasteiger partial charge in [-0.2, -0.15) is 5.10 Å². The summed E-state index contributed by atoms with van der Waals surface area (Å²) in [6.45, 7) is 1.47. The molecule has 0 aliphatic carbocycles. The van der Waals surface area contributed by atoms with E-state index in [1.807, 2.05) is 35.2 Å². The highest BCUT2D eigenvalue weighted by molar-refractivity contribution is 6.06. The van der Waals surface area contributed by atoms with Crippen LogP contribution in [0.25, 0.3) is 22.3 Å². The summed E-state index contributed by atoms with van der Waals surface area (Å²) in [7, 11) is 0. The number of pyridine rings is 2. The van der Waals surface area contributed by atoms with Gasteiger partial charge >= 0.3 is 0 Å². The summed E-state index contributed by atoms with van der Waals surface area (Å²) < 4.78 is 5.62. The molecule has 1 aliphatic rings. The fourth-order valence-electron chi connectivity index (χ4n) is 3.55. The SMILES string of the molecule is O=C(c1c[nH]c2nc(-c3cn[nH]c3)ccc12)N1CCOC[C@@H]1c1ccccn1. The van der Waals surface area contributed by atoms with Crippen LogP contribution in [-0.4, -0.2) is 55.7 Å². The second-order valence-electron chi connectivity index (χ2n) is 6.63. The zero-order valence-corrected chi connectivity index (χ0v) is 15.0. The van der Waals surface area contributed by atoms with E-state index in [1.165, 1.54) is 0 Å². The zero-order chi connectivity index (χ0) is 18.9. The molecule has 5 heterocycles. The van der Waals surface area contributed by atoms with Crippen LogP contribution in [0.3, 0.4) is 0 Å². The highest BCUT2D eigenvalue weighted by Crippen LogP contribution is 2.28. The molecule has 2 N–H and O–H groups in total. The van der Waals surface area contributed by atoms with Crippen LogP contribution in [0.5, 0.6) is 0 Å². The topological polar surface area (TPSA) is 99.8 Å². The van der Waals surface area contributed by atoms with Crippen molar-refractivity contribution in [3.63, 3.8) is 0 Å². The van der Waals surface area contributed by atoms with Crippen molar-refractivity contribution < 1.29 is 9.53 Å². The Labute approximate surface area is 160 Å². The highest BCUT2D eigenvalue weighted by Gasteiger charge is 2.31. The van der Waals surface area contributed by atoms with Crippen molar-refractivity contribution in [3.05, 3.63) is 66.4 Å². The van der Waals surface area contributed by atoms with Crippen LogP contribution in [0.2, 0.25) is 0 Å². The van der Waals surface area contributed by atoms with Gasteiger partial charge in [-0.05, 0) is 24.3 Å². The number of H-pyrrole nitrogens is 2. The molecule has 5 rings (SSSR count). The summed E-state index contributed by atoms with van der Waals surface area (Å²) >= 11 is 0. The van der Waals surface area contributed by atoms with Gasteiger partial charge in [0, 0.05) is 36.1 Å². The monoisotopic (exact) mass is 374 g/mol. The average molecular weight is 374 g/mol. The lowest BCUT2D eigenvalue weighted by molar-refractivity contribution is -0.00379. The molecule has 1 amide bonds. The number of aromatic amines is 2. The predicted molar refractivity (Wildman–Crippen MR) is 103 cm³/mol. The molecule has 8 nitrogen and oxygen atoms in total. The summed E-state index contributed by atoms with van der Waals surface area (Å²) in [5.41, 5.74) is 3.79. The van der Waals surface area contributed by atoms with Crippen molar-refractivity contribution in [2.75, 3.05) is 19.8 Å². The molecule has 0 spiro atoms. The number of carbonyl (C=O) groups is 1. The van der Waals surface area contributed by atoms with E-state index in [1.54, 1.807) is 24.8 Å². The molecule has 1 atom stereocenters. The summed E-state index contributed by atoms with van der Waals surface area (Å²) in [4.78, 5) is 27.3. The van der Waals surface area contributed by atoms with Gasteiger partial charge in [0.05, 0.1) is 42.4 Å². The van der Waals surface area contributed by atoms with Crippen molar-refractivity contribution in [3.8, 4) is 11.3 Å². The molecule has 0 saturated carbocycles. The van der Waals surface area contributed by atoms with Gasteiger partial charge in [-0.25, -0.2) is 4.98 Å². The third-order valence-corrected chi connectivity index (χ3v) is 4.98. The molecule has 4 aromatic rings. The Morgan fingerprint density at radius 2 is 2.18 bits per heavy atom. The normalized spacial score (nSPS) is 17.1. The number of nitrogens with one attached hydrogen (secondary N) is 2. The molecule has 140 valence electrons. The third-order valence-electron chi connectivity index (χ3n) is 4.98. The van der Waals surface area contributed by atoms with Crippen LogP contribution >= 0.6 is 0 Å². The molecule has 0 unspecified atom stereocenters. The molecule has 0 radical (unpaired) electrons. The predicted octanol–water partition coefficient (Wildman–Crippen LogP) is 2.56. The van der Waals surface area contributed by atoms with Crippen LogP contribution in [0.15, 0.2) is 55.1 Å². The van der Waals surface area contributed by atoms with E-state index >= 15 is 0 Å². The Hall–Kier alpha value is -3.52. The number of rotatable bonds is 3. The zero-order valence-electron chi connectivity index (χ0n) is 15.0. The standard InChI is InChI=1S/C20H18N6O2/c27-20(26-7-8-28-12-18(26)17-3-1-2-6-21-17)15-11-22-19-14(15)4-5-16(25-19)13-9-23-24-10-13/h1-6,9-11,18H,7-8,12H2,(H,22,25)(H,23,24)/t18-/m1/s1. The first-order chi connectivity index (χ1) is 13.8. The Kier molecular flexibility index (Phi) is 4.10. The van der Waals surface area contributed by atoms with E-state index in [2.05, 4.69) is 25.1 Å². The summed E-state index contributed by atoms with van der Waals surface area (Å²) in [5, 5.41) is 7.54. The second-order valence-corrected chi connectivity index (χ2v) is 6.63. The third kappa shape index (κ3) is 2.84. The van der Waals surface area contributed by atoms with E-state index in [0.717, 1.165) is 22.3 Å². The number of hydrogen-bond donors (Lipinski definition) is 2. The van der Waals surface area contributed by atoms with Gasteiger partial charge in [0.15, 0.2) is 0 Å². The average Bonchev–Trinajstić information content (AvgIpc) is 3.43. The molecule has 4 aromatic heterocycles. The van der Waals surface area contributed by atoms with Gasteiger partial charge in [0.25, 0.3) is 5.91 Å². The smallest absolute Gasteiger partial charge is 0.256 e. The Balaban J connectivity index is 1.49. The lowest BCUT2D eigenvalue weighted by atomic mass is 10.1. The first-order valence-electron chi connectivity index (χ1n) is 9.08. The minimum Gasteiger partial charge on any atom is -0.377 e. The number of ether oxygens (including phenoxy) is 1. The van der Waals surface area contributed by atoms with E-state index in [9.17, 15) is 4.79 Å². The van der Waals surface area contributed by atoms with Crippen LogP contribution < -0.4 is 0 Å². The van der Waals surface area contributed by atoms with Crippen molar-refractivity contribution in [1.82, 2.24) is 30.0 Å². The minimum atomic E-state index is -0.203. The molecular weight excluding hydrogens is 356 g/mol. The van der Waals surface area contributed by atoms with Gasteiger partial charge in [0.2, 0.25) is 0 Å². The van der Waals surface area contributed by atoms with E-state index in [4.69, 9.17) is 4.74 Å². The Bertz CT molecular complexity index is 1110. The first-order valence-corrected chi connectivity index (χ1v) is 9.08. The number of morpholine rings is 1. The molecule has 1 aliphatic heterocycles. The quantitative estimate of drug-likeness (QED) is 0.574. The van der Waals surface area contributed by atoms with E-state index in [-0.39, 0.29) is 11.9 Å². The lowest BCUT2D eigenvalue weighted by Gasteiger charge is -2.35. The largest absolute Gasteiger partial charge is 0.377 e. The van der Waals surface area contributed by atoms with Gasteiger partial charge < -0.3 is 14.6 Å². The van der Waals surface area contributed by atoms with Gasteiger partial charge in [0.1, 0.15) is 5.65 Å².